The standard InChI is InChI=1S/C24H18BrClN2O4/c1-31-19-11-10-14(25)12-18(19)21-20-22(32-28(21)16-7-3-2-4-8-16)24(30)27(23(20)29)17-9-5-6-15(26)13-17/h2-13,20-22H,1H3/t20-,21+,22+/m0/s1. The Morgan fingerprint density at radius 3 is 2.41 bits per heavy atom. The van der Waals surface area contributed by atoms with Gasteiger partial charge in [-0.05, 0) is 48.5 Å². The van der Waals surface area contributed by atoms with Crippen LogP contribution in [0.4, 0.5) is 11.4 Å². The molecule has 32 heavy (non-hydrogen) atoms. The van der Waals surface area contributed by atoms with Gasteiger partial charge in [-0.2, -0.15) is 0 Å². The molecule has 0 spiro atoms. The Morgan fingerprint density at radius 1 is 0.938 bits per heavy atom. The zero-order valence-electron chi connectivity index (χ0n) is 16.9. The number of benzene rings is 3. The average Bonchev–Trinajstić information content (AvgIpc) is 3.30. The molecule has 2 saturated heterocycles. The zero-order valence-corrected chi connectivity index (χ0v) is 19.3. The maximum Gasteiger partial charge on any atom is 0.266 e. The molecule has 6 nitrogen and oxygen atoms in total. The molecule has 0 radical (unpaired) electrons. The van der Waals surface area contributed by atoms with E-state index < -0.39 is 24.0 Å². The number of amides is 2. The van der Waals surface area contributed by atoms with Gasteiger partial charge in [0.05, 0.1) is 24.5 Å². The Kier molecular flexibility index (Phi) is 5.41. The molecule has 3 aromatic rings. The molecule has 0 saturated carbocycles. The van der Waals surface area contributed by atoms with Crippen molar-refractivity contribution in [1.29, 1.82) is 0 Å². The van der Waals surface area contributed by atoms with Crippen molar-refractivity contribution in [2.24, 2.45) is 5.92 Å². The molecule has 3 aromatic carbocycles. The van der Waals surface area contributed by atoms with Gasteiger partial charge in [0, 0.05) is 15.1 Å². The van der Waals surface area contributed by atoms with Crippen molar-refractivity contribution in [3.63, 3.8) is 0 Å². The van der Waals surface area contributed by atoms with Gasteiger partial charge in [-0.1, -0.05) is 51.8 Å². The first-order valence-corrected chi connectivity index (χ1v) is 11.1. The van der Waals surface area contributed by atoms with Crippen molar-refractivity contribution in [1.82, 2.24) is 0 Å². The van der Waals surface area contributed by atoms with E-state index in [1.165, 1.54) is 4.90 Å². The molecule has 0 bridgehead atoms. The van der Waals surface area contributed by atoms with Crippen molar-refractivity contribution >= 4 is 50.7 Å². The lowest BCUT2D eigenvalue weighted by Crippen LogP contribution is -2.37. The number of methoxy groups -OCH3 is 1. The van der Waals surface area contributed by atoms with Crippen LogP contribution in [-0.2, 0) is 14.4 Å². The summed E-state index contributed by atoms with van der Waals surface area (Å²) in [6.07, 6.45) is -0.963. The number of hydrogen-bond acceptors (Lipinski definition) is 5. The van der Waals surface area contributed by atoms with Crippen LogP contribution in [-0.4, -0.2) is 25.0 Å². The quantitative estimate of drug-likeness (QED) is 0.451. The first-order valence-electron chi connectivity index (χ1n) is 9.97. The molecule has 0 unspecified atom stereocenters. The Balaban J connectivity index is 1.64. The predicted molar refractivity (Wildman–Crippen MR) is 125 cm³/mol. The summed E-state index contributed by atoms with van der Waals surface area (Å²) in [6.45, 7) is 0. The normalized spacial score (nSPS) is 22.4. The van der Waals surface area contributed by atoms with Crippen molar-refractivity contribution in [2.45, 2.75) is 12.1 Å². The Morgan fingerprint density at radius 2 is 1.69 bits per heavy atom. The minimum Gasteiger partial charge on any atom is -0.496 e. The van der Waals surface area contributed by atoms with E-state index in [0.717, 1.165) is 15.7 Å². The molecule has 5 rings (SSSR count). The third-order valence-corrected chi connectivity index (χ3v) is 6.43. The van der Waals surface area contributed by atoms with Crippen LogP contribution in [0.2, 0.25) is 5.02 Å². The van der Waals surface area contributed by atoms with Gasteiger partial charge in [-0.3, -0.25) is 14.4 Å². The molecule has 2 heterocycles. The molecule has 2 aliphatic rings. The van der Waals surface area contributed by atoms with E-state index in [1.54, 1.807) is 36.4 Å². The number of ether oxygens (including phenoxy) is 1. The molecular weight excluding hydrogens is 496 g/mol. The van der Waals surface area contributed by atoms with E-state index in [1.807, 2.05) is 48.5 Å². The van der Waals surface area contributed by atoms with Gasteiger partial charge in [0.15, 0.2) is 6.10 Å². The molecule has 8 heteroatoms. The maximum atomic E-state index is 13.7. The lowest BCUT2D eigenvalue weighted by atomic mass is 9.90. The van der Waals surface area contributed by atoms with E-state index in [2.05, 4.69) is 15.9 Å². The molecule has 2 aliphatic heterocycles. The second-order valence-corrected chi connectivity index (χ2v) is 8.89. The number of para-hydroxylation sites is 1. The molecular formula is C24H18BrClN2O4. The summed E-state index contributed by atoms with van der Waals surface area (Å²) >= 11 is 9.63. The zero-order chi connectivity index (χ0) is 22.4. The van der Waals surface area contributed by atoms with Gasteiger partial charge in [-0.25, -0.2) is 9.96 Å². The number of carbonyl (C=O) groups excluding carboxylic acids is 2. The Bertz CT molecular complexity index is 1210. The first-order chi connectivity index (χ1) is 15.5. The van der Waals surface area contributed by atoms with Crippen molar-refractivity contribution in [3.05, 3.63) is 87.9 Å². The van der Waals surface area contributed by atoms with Crippen LogP contribution in [0.3, 0.4) is 0 Å². The Labute approximate surface area is 198 Å². The van der Waals surface area contributed by atoms with E-state index in [4.69, 9.17) is 21.2 Å². The van der Waals surface area contributed by atoms with Gasteiger partial charge in [-0.15, -0.1) is 0 Å². The lowest BCUT2D eigenvalue weighted by molar-refractivity contribution is -0.126. The topological polar surface area (TPSA) is 59.1 Å². The summed E-state index contributed by atoms with van der Waals surface area (Å²) in [6, 6.07) is 21.1. The highest BCUT2D eigenvalue weighted by Gasteiger charge is 2.60. The number of hydrogen-bond donors (Lipinski definition) is 0. The molecule has 0 aromatic heterocycles. The van der Waals surface area contributed by atoms with Crippen molar-refractivity contribution in [3.8, 4) is 5.75 Å². The van der Waals surface area contributed by atoms with Crippen LogP contribution in [0.15, 0.2) is 77.3 Å². The van der Waals surface area contributed by atoms with E-state index >= 15 is 0 Å². The third kappa shape index (κ3) is 3.37. The molecule has 2 amide bonds. The number of anilines is 2. The van der Waals surface area contributed by atoms with Crippen LogP contribution in [0.1, 0.15) is 11.6 Å². The second-order valence-electron chi connectivity index (χ2n) is 7.54. The van der Waals surface area contributed by atoms with Crippen LogP contribution in [0.5, 0.6) is 5.75 Å². The maximum absolute atomic E-state index is 13.7. The number of hydroxylamine groups is 1. The number of rotatable bonds is 4. The van der Waals surface area contributed by atoms with Gasteiger partial charge in [0.2, 0.25) is 5.91 Å². The fourth-order valence-electron chi connectivity index (χ4n) is 4.34. The van der Waals surface area contributed by atoms with E-state index in [-0.39, 0.29) is 5.91 Å². The van der Waals surface area contributed by atoms with Gasteiger partial charge < -0.3 is 4.74 Å². The Hall–Kier alpha value is -2.87. The summed E-state index contributed by atoms with van der Waals surface area (Å²) < 4.78 is 6.43. The van der Waals surface area contributed by atoms with Crippen LogP contribution < -0.4 is 14.7 Å². The summed E-state index contributed by atoms with van der Waals surface area (Å²) in [5, 5.41) is 2.09. The summed E-state index contributed by atoms with van der Waals surface area (Å²) in [7, 11) is 1.58. The van der Waals surface area contributed by atoms with Crippen molar-refractivity contribution in [2.75, 3.05) is 17.1 Å². The van der Waals surface area contributed by atoms with E-state index in [9.17, 15) is 9.59 Å². The average molecular weight is 514 g/mol. The lowest BCUT2D eigenvalue weighted by Gasteiger charge is -2.29. The summed E-state index contributed by atoms with van der Waals surface area (Å²) in [5.41, 5.74) is 1.91. The smallest absolute Gasteiger partial charge is 0.266 e. The molecule has 2 fully saturated rings. The monoisotopic (exact) mass is 512 g/mol. The highest BCUT2D eigenvalue weighted by atomic mass is 79.9. The third-order valence-electron chi connectivity index (χ3n) is 5.70. The molecule has 0 aliphatic carbocycles. The number of carbonyl (C=O) groups is 2. The fraction of sp³-hybridized carbons (Fsp3) is 0.167. The number of halogens is 2. The molecule has 3 atom stereocenters. The summed E-state index contributed by atoms with van der Waals surface area (Å²) in [5.74, 6) is -0.915. The predicted octanol–water partition coefficient (Wildman–Crippen LogP) is 5.16. The second kappa shape index (κ2) is 8.24. The van der Waals surface area contributed by atoms with Crippen molar-refractivity contribution < 1.29 is 19.2 Å². The number of fused-ring (bicyclic) bond motifs is 1. The SMILES string of the molecule is COc1ccc(Br)cc1[C@@H]1[C@@H]2C(=O)N(c3cccc(Cl)c3)C(=O)[C@@H]2ON1c1ccccc1. The van der Waals surface area contributed by atoms with Crippen LogP contribution in [0.25, 0.3) is 0 Å². The number of nitrogens with zero attached hydrogens (tertiary/aromatic N) is 2. The summed E-state index contributed by atoms with van der Waals surface area (Å²) in [4.78, 5) is 34.3. The van der Waals surface area contributed by atoms with Crippen LogP contribution in [0, 0.1) is 5.92 Å². The highest BCUT2D eigenvalue weighted by Crippen LogP contribution is 2.50. The van der Waals surface area contributed by atoms with Gasteiger partial charge in [0.25, 0.3) is 5.91 Å². The fourth-order valence-corrected chi connectivity index (χ4v) is 4.90. The van der Waals surface area contributed by atoms with E-state index in [0.29, 0.717) is 16.5 Å². The largest absolute Gasteiger partial charge is 0.496 e. The number of imide groups is 1. The molecule has 162 valence electrons. The molecule has 0 N–H and O–H groups in total. The van der Waals surface area contributed by atoms with Gasteiger partial charge >= 0.3 is 0 Å². The minimum absolute atomic E-state index is 0.340. The van der Waals surface area contributed by atoms with Crippen LogP contribution >= 0.6 is 27.5 Å². The van der Waals surface area contributed by atoms with Gasteiger partial charge in [0.1, 0.15) is 11.7 Å². The minimum atomic E-state index is -0.963. The highest BCUT2D eigenvalue weighted by molar-refractivity contribution is 9.10. The first kappa shape index (κ1) is 21.0.